The van der Waals surface area contributed by atoms with Crippen LogP contribution in [0.2, 0.25) is 24.2 Å². The van der Waals surface area contributed by atoms with Crippen molar-refractivity contribution >= 4 is 17.6 Å². The van der Waals surface area contributed by atoms with Crippen LogP contribution in [0, 0.1) is 13.8 Å². The van der Waals surface area contributed by atoms with Gasteiger partial charge in [0.25, 0.3) is 0 Å². The third kappa shape index (κ3) is 3.96. The van der Waals surface area contributed by atoms with Crippen LogP contribution < -0.4 is 4.43 Å². The summed E-state index contributed by atoms with van der Waals surface area (Å²) in [4.78, 5) is 0. The molecule has 0 saturated carbocycles. The summed E-state index contributed by atoms with van der Waals surface area (Å²) in [5.74, 6) is 0.999. The average molecular weight is 311 g/mol. The van der Waals surface area contributed by atoms with Crippen molar-refractivity contribution in [2.75, 3.05) is 0 Å². The van der Waals surface area contributed by atoms with Crippen LogP contribution in [0.1, 0.15) is 38.8 Å². The lowest BCUT2D eigenvalue weighted by Gasteiger charge is -2.39. The Bertz CT molecular complexity index is 434. The molecule has 0 unspecified atom stereocenters. The van der Waals surface area contributed by atoms with Gasteiger partial charge in [-0.3, -0.25) is 0 Å². The van der Waals surface area contributed by atoms with Crippen molar-refractivity contribution in [1.29, 1.82) is 0 Å². The molecule has 0 spiro atoms. The molecule has 2 nitrogen and oxygen atoms in total. The fourth-order valence-electron chi connectivity index (χ4n) is 2.65. The van der Waals surface area contributed by atoms with Crippen LogP contribution in [-0.2, 0) is 4.12 Å². The van der Waals surface area contributed by atoms with Crippen LogP contribution in [0.5, 0.6) is 5.75 Å². The molecular weight excluding hydrogens is 280 g/mol. The molecule has 114 valence electrons. The van der Waals surface area contributed by atoms with Crippen molar-refractivity contribution < 1.29 is 8.54 Å². The third-order valence-electron chi connectivity index (χ3n) is 3.63. The Morgan fingerprint density at radius 3 is 1.95 bits per heavy atom. The molecule has 0 fully saturated rings. The molecule has 0 aromatic heterocycles. The topological polar surface area (TPSA) is 18.5 Å². The van der Waals surface area contributed by atoms with Crippen molar-refractivity contribution in [3.05, 3.63) is 29.3 Å². The fraction of sp³-hybridized carbons (Fsp3) is 0.625. The summed E-state index contributed by atoms with van der Waals surface area (Å²) in [6, 6.07) is 6.40. The highest BCUT2D eigenvalue weighted by molar-refractivity contribution is 6.77. The number of benzene rings is 1. The summed E-state index contributed by atoms with van der Waals surface area (Å²) in [5.41, 5.74) is 3.36. The van der Waals surface area contributed by atoms with Crippen molar-refractivity contribution in [2.24, 2.45) is 0 Å². The normalized spacial score (nSPS) is 12.6. The Labute approximate surface area is 127 Å². The molecule has 0 N–H and O–H groups in total. The van der Waals surface area contributed by atoms with Crippen molar-refractivity contribution in [2.45, 2.75) is 65.7 Å². The van der Waals surface area contributed by atoms with Crippen molar-refractivity contribution in [1.82, 2.24) is 0 Å². The molecule has 0 amide bonds. The van der Waals surface area contributed by atoms with Gasteiger partial charge in [0, 0.05) is 11.1 Å². The van der Waals surface area contributed by atoms with E-state index in [2.05, 4.69) is 72.8 Å². The Balaban J connectivity index is 3.17. The predicted molar refractivity (Wildman–Crippen MR) is 92.5 cm³/mol. The lowest BCUT2D eigenvalue weighted by molar-refractivity contribution is 0.354. The molecule has 4 heteroatoms. The second-order valence-corrected chi connectivity index (χ2v) is 13.6. The fourth-order valence-corrected chi connectivity index (χ4v) is 10.3. The van der Waals surface area contributed by atoms with Gasteiger partial charge in [0.1, 0.15) is 5.75 Å². The maximum absolute atomic E-state index is 6.57. The van der Waals surface area contributed by atoms with Gasteiger partial charge in [-0.2, -0.15) is 0 Å². The lowest BCUT2D eigenvalue weighted by atomic mass is 10.1. The van der Waals surface area contributed by atoms with E-state index in [1.807, 2.05) is 0 Å². The van der Waals surface area contributed by atoms with E-state index in [-0.39, 0.29) is 0 Å². The molecule has 1 rings (SSSR count). The van der Waals surface area contributed by atoms with E-state index in [0.717, 1.165) is 5.75 Å². The highest BCUT2D eigenvalue weighted by Gasteiger charge is 2.47. The first-order valence-electron chi connectivity index (χ1n) is 7.63. The minimum atomic E-state index is -2.24. The molecule has 0 heterocycles. The maximum Gasteiger partial charge on any atom is 0.393 e. The van der Waals surface area contributed by atoms with Crippen LogP contribution in [0.3, 0.4) is 0 Å². The zero-order valence-corrected chi connectivity index (χ0v) is 16.4. The van der Waals surface area contributed by atoms with E-state index in [0.29, 0.717) is 11.1 Å². The molecule has 0 aliphatic carbocycles. The van der Waals surface area contributed by atoms with E-state index in [1.54, 1.807) is 0 Å². The van der Waals surface area contributed by atoms with Crippen LogP contribution in [-0.4, -0.2) is 17.6 Å². The van der Waals surface area contributed by atoms with Crippen LogP contribution in [0.4, 0.5) is 0 Å². The van der Waals surface area contributed by atoms with Gasteiger partial charge in [-0.05, 0) is 38.6 Å². The Hall–Kier alpha value is -0.586. The molecule has 0 bridgehead atoms. The molecule has 1 aromatic rings. The quantitative estimate of drug-likeness (QED) is 0.693. The molecule has 1 aromatic carbocycles. The first-order chi connectivity index (χ1) is 9.19. The van der Waals surface area contributed by atoms with Gasteiger partial charge in [-0.15, -0.1) is 0 Å². The van der Waals surface area contributed by atoms with E-state index < -0.39 is 17.6 Å². The number of aryl methyl sites for hydroxylation is 2. The summed E-state index contributed by atoms with van der Waals surface area (Å²) in [6.07, 6.45) is 0. The largest absolute Gasteiger partial charge is 0.520 e. The van der Waals surface area contributed by atoms with Crippen LogP contribution in [0.25, 0.3) is 0 Å². The number of hydrogen-bond acceptors (Lipinski definition) is 2. The van der Waals surface area contributed by atoms with Gasteiger partial charge < -0.3 is 8.54 Å². The summed E-state index contributed by atoms with van der Waals surface area (Å²) in [5, 5.41) is 0. The first kappa shape index (κ1) is 17.5. The second-order valence-electron chi connectivity index (χ2n) is 6.57. The van der Waals surface area contributed by atoms with Gasteiger partial charge in [0.2, 0.25) is 0 Å². The van der Waals surface area contributed by atoms with Gasteiger partial charge >= 0.3 is 8.56 Å². The van der Waals surface area contributed by atoms with Gasteiger partial charge in [-0.25, -0.2) is 0 Å². The monoisotopic (exact) mass is 310 g/mol. The van der Waals surface area contributed by atoms with Crippen LogP contribution >= 0.6 is 0 Å². The summed E-state index contributed by atoms with van der Waals surface area (Å²) in [6.45, 7) is 17.7. The lowest BCUT2D eigenvalue weighted by Crippen LogP contribution is -2.53. The summed E-state index contributed by atoms with van der Waals surface area (Å²) >= 11 is 0. The summed E-state index contributed by atoms with van der Waals surface area (Å²) < 4.78 is 13.1. The maximum atomic E-state index is 6.57. The predicted octanol–water partition coefficient (Wildman–Crippen LogP) is 4.94. The Morgan fingerprint density at radius 1 is 1.00 bits per heavy atom. The minimum absolute atomic E-state index is 0.443. The minimum Gasteiger partial charge on any atom is -0.520 e. The van der Waals surface area contributed by atoms with Crippen molar-refractivity contribution in [3.8, 4) is 5.75 Å². The SMILES string of the molecule is Cc1ccc(O[Si](O[SiH](C)C)(C(C)C)C(C)C)c(C)c1. The van der Waals surface area contributed by atoms with Gasteiger partial charge in [0.05, 0.1) is 0 Å². The second kappa shape index (κ2) is 6.92. The van der Waals surface area contributed by atoms with Crippen LogP contribution in [0.15, 0.2) is 18.2 Å². The van der Waals surface area contributed by atoms with Gasteiger partial charge in [-0.1, -0.05) is 45.4 Å². The third-order valence-corrected chi connectivity index (χ3v) is 10.7. The zero-order valence-electron chi connectivity index (χ0n) is 14.3. The highest BCUT2D eigenvalue weighted by atomic mass is 28.4. The summed E-state index contributed by atoms with van der Waals surface area (Å²) in [7, 11) is -3.38. The number of rotatable bonds is 6. The number of hydrogen-bond donors (Lipinski definition) is 0. The van der Waals surface area contributed by atoms with E-state index in [9.17, 15) is 0 Å². The first-order valence-corrected chi connectivity index (χ1v) is 12.4. The van der Waals surface area contributed by atoms with Gasteiger partial charge in [0.15, 0.2) is 9.04 Å². The molecular formula is C16H30O2Si2. The standard InChI is InChI=1S/C16H30O2Si2/c1-12(2)20(13(3)4,18-19(7)8)17-16-10-9-14(5)11-15(16)6/h9-13,19H,1-8H3. The van der Waals surface area contributed by atoms with E-state index in [1.165, 1.54) is 11.1 Å². The molecule has 0 radical (unpaired) electrons. The van der Waals surface area contributed by atoms with E-state index in [4.69, 9.17) is 8.54 Å². The molecule has 0 aliphatic heterocycles. The average Bonchev–Trinajstić information content (AvgIpc) is 2.30. The zero-order chi connectivity index (χ0) is 15.5. The highest BCUT2D eigenvalue weighted by Crippen LogP contribution is 2.37. The molecule has 0 saturated heterocycles. The molecule has 20 heavy (non-hydrogen) atoms. The Morgan fingerprint density at radius 2 is 1.55 bits per heavy atom. The Kier molecular flexibility index (Phi) is 6.04. The molecule has 0 atom stereocenters. The smallest absolute Gasteiger partial charge is 0.393 e. The van der Waals surface area contributed by atoms with Crippen molar-refractivity contribution in [3.63, 3.8) is 0 Å². The van der Waals surface area contributed by atoms with E-state index >= 15 is 0 Å². The molecule has 0 aliphatic rings.